The van der Waals surface area contributed by atoms with Gasteiger partial charge in [-0.15, -0.1) is 0 Å². The SMILES string of the molecule is COC1=CC(OC(C)=O)N(C)C1=O. The molecular weight excluding hydrogens is 174 g/mol. The lowest BCUT2D eigenvalue weighted by Gasteiger charge is -2.17. The number of carbonyl (C=O) groups is 2. The monoisotopic (exact) mass is 185 g/mol. The van der Waals surface area contributed by atoms with Crippen LogP contribution in [0.4, 0.5) is 0 Å². The number of ether oxygens (including phenoxy) is 2. The average molecular weight is 185 g/mol. The van der Waals surface area contributed by atoms with Gasteiger partial charge < -0.3 is 9.47 Å². The molecule has 0 radical (unpaired) electrons. The summed E-state index contributed by atoms with van der Waals surface area (Å²) >= 11 is 0. The van der Waals surface area contributed by atoms with E-state index in [1.807, 2.05) is 0 Å². The first-order valence-electron chi connectivity index (χ1n) is 3.76. The molecule has 0 saturated heterocycles. The van der Waals surface area contributed by atoms with Crippen molar-refractivity contribution in [3.63, 3.8) is 0 Å². The van der Waals surface area contributed by atoms with Crippen molar-refractivity contribution in [3.05, 3.63) is 11.8 Å². The van der Waals surface area contributed by atoms with Crippen LogP contribution in [0, 0.1) is 0 Å². The molecule has 0 aromatic carbocycles. The molecule has 1 amide bonds. The maximum absolute atomic E-state index is 11.3. The molecule has 0 spiro atoms. The quantitative estimate of drug-likeness (QED) is 0.563. The summed E-state index contributed by atoms with van der Waals surface area (Å²) in [4.78, 5) is 23.2. The lowest BCUT2D eigenvalue weighted by Crippen LogP contribution is -2.33. The van der Waals surface area contributed by atoms with Crippen molar-refractivity contribution in [2.24, 2.45) is 0 Å². The Balaban J connectivity index is 2.73. The topological polar surface area (TPSA) is 55.8 Å². The smallest absolute Gasteiger partial charge is 0.304 e. The highest BCUT2D eigenvalue weighted by Crippen LogP contribution is 2.17. The van der Waals surface area contributed by atoms with Gasteiger partial charge in [-0.25, -0.2) is 0 Å². The van der Waals surface area contributed by atoms with Gasteiger partial charge >= 0.3 is 5.97 Å². The molecule has 0 aromatic rings. The molecule has 5 heteroatoms. The van der Waals surface area contributed by atoms with E-state index in [1.165, 1.54) is 25.0 Å². The molecule has 5 nitrogen and oxygen atoms in total. The van der Waals surface area contributed by atoms with Gasteiger partial charge in [-0.2, -0.15) is 0 Å². The van der Waals surface area contributed by atoms with E-state index in [-0.39, 0.29) is 11.7 Å². The molecule has 0 aliphatic carbocycles. The van der Waals surface area contributed by atoms with Gasteiger partial charge in [-0.05, 0) is 0 Å². The van der Waals surface area contributed by atoms with Crippen LogP contribution >= 0.6 is 0 Å². The van der Waals surface area contributed by atoms with Crippen LogP contribution in [0.1, 0.15) is 6.92 Å². The first-order chi connectivity index (χ1) is 6.06. The molecule has 0 aromatic heterocycles. The molecule has 0 N–H and O–H groups in total. The van der Waals surface area contributed by atoms with Crippen molar-refractivity contribution in [2.75, 3.05) is 14.2 Å². The van der Waals surface area contributed by atoms with E-state index in [2.05, 4.69) is 0 Å². The van der Waals surface area contributed by atoms with Crippen LogP contribution in [0.2, 0.25) is 0 Å². The van der Waals surface area contributed by atoms with Gasteiger partial charge in [-0.3, -0.25) is 14.5 Å². The average Bonchev–Trinajstić information content (AvgIpc) is 2.32. The molecule has 0 bridgehead atoms. The zero-order valence-corrected chi connectivity index (χ0v) is 7.73. The Morgan fingerprint density at radius 1 is 1.62 bits per heavy atom. The summed E-state index contributed by atoms with van der Waals surface area (Å²) in [5, 5.41) is 0. The Morgan fingerprint density at radius 3 is 2.62 bits per heavy atom. The van der Waals surface area contributed by atoms with Crippen LogP contribution < -0.4 is 0 Å². The number of likely N-dealkylation sites (N-methyl/N-ethyl adjacent to an activating group) is 1. The van der Waals surface area contributed by atoms with Gasteiger partial charge in [0.25, 0.3) is 5.91 Å². The number of methoxy groups -OCH3 is 1. The Labute approximate surface area is 75.9 Å². The summed E-state index contributed by atoms with van der Waals surface area (Å²) in [5.74, 6) is -0.513. The fraction of sp³-hybridized carbons (Fsp3) is 0.500. The van der Waals surface area contributed by atoms with E-state index < -0.39 is 12.2 Å². The number of esters is 1. The van der Waals surface area contributed by atoms with Gasteiger partial charge in [-0.1, -0.05) is 0 Å². The van der Waals surface area contributed by atoms with Crippen LogP contribution in [0.25, 0.3) is 0 Å². The van der Waals surface area contributed by atoms with E-state index >= 15 is 0 Å². The summed E-state index contributed by atoms with van der Waals surface area (Å²) in [5.41, 5.74) is 0. The van der Waals surface area contributed by atoms with Gasteiger partial charge in [0.15, 0.2) is 5.76 Å². The Kier molecular flexibility index (Phi) is 2.55. The number of amides is 1. The summed E-state index contributed by atoms with van der Waals surface area (Å²) < 4.78 is 9.62. The minimum absolute atomic E-state index is 0.203. The largest absolute Gasteiger partial charge is 0.491 e. The predicted molar refractivity (Wildman–Crippen MR) is 43.4 cm³/mol. The zero-order chi connectivity index (χ0) is 10.0. The lowest BCUT2D eigenvalue weighted by molar-refractivity contribution is -0.153. The van der Waals surface area contributed by atoms with E-state index in [0.717, 1.165) is 0 Å². The summed E-state index contributed by atoms with van der Waals surface area (Å²) in [6, 6.07) is 0. The Morgan fingerprint density at radius 2 is 2.23 bits per heavy atom. The van der Waals surface area contributed by atoms with E-state index in [0.29, 0.717) is 0 Å². The van der Waals surface area contributed by atoms with Crippen LogP contribution in [0.3, 0.4) is 0 Å². The molecule has 1 unspecified atom stereocenters. The maximum atomic E-state index is 11.3. The number of rotatable bonds is 2. The lowest BCUT2D eigenvalue weighted by atomic mass is 10.5. The number of nitrogens with zero attached hydrogens (tertiary/aromatic N) is 1. The van der Waals surface area contributed by atoms with E-state index in [9.17, 15) is 9.59 Å². The molecule has 1 heterocycles. The highest BCUT2D eigenvalue weighted by molar-refractivity contribution is 5.94. The number of hydrogen-bond donors (Lipinski definition) is 0. The minimum Gasteiger partial charge on any atom is -0.491 e. The molecule has 1 rings (SSSR count). The first kappa shape index (κ1) is 9.57. The van der Waals surface area contributed by atoms with Crippen LogP contribution in [0.15, 0.2) is 11.8 Å². The van der Waals surface area contributed by atoms with Crippen LogP contribution in [-0.2, 0) is 19.1 Å². The van der Waals surface area contributed by atoms with Crippen LogP contribution in [0.5, 0.6) is 0 Å². The third-order valence-electron chi connectivity index (χ3n) is 1.71. The van der Waals surface area contributed by atoms with Gasteiger partial charge in [0.1, 0.15) is 0 Å². The third kappa shape index (κ3) is 1.80. The number of hydrogen-bond acceptors (Lipinski definition) is 4. The van der Waals surface area contributed by atoms with Crippen molar-refractivity contribution in [2.45, 2.75) is 13.2 Å². The van der Waals surface area contributed by atoms with Crippen molar-refractivity contribution >= 4 is 11.9 Å². The first-order valence-corrected chi connectivity index (χ1v) is 3.76. The summed E-state index contributed by atoms with van der Waals surface area (Å²) in [6.07, 6.45) is 0.823. The van der Waals surface area contributed by atoms with Crippen molar-refractivity contribution in [3.8, 4) is 0 Å². The summed E-state index contributed by atoms with van der Waals surface area (Å²) in [6.45, 7) is 1.29. The molecular formula is C8H11NO4. The van der Waals surface area contributed by atoms with Crippen molar-refractivity contribution in [1.29, 1.82) is 0 Å². The fourth-order valence-corrected chi connectivity index (χ4v) is 1.04. The number of carbonyl (C=O) groups excluding carboxylic acids is 2. The molecule has 0 saturated carbocycles. The fourth-order valence-electron chi connectivity index (χ4n) is 1.04. The molecule has 1 aliphatic heterocycles. The normalized spacial score (nSPS) is 21.5. The highest BCUT2D eigenvalue weighted by atomic mass is 16.6. The highest BCUT2D eigenvalue weighted by Gasteiger charge is 2.32. The standard InChI is InChI=1S/C8H11NO4/c1-5(10)13-7-4-6(12-3)8(11)9(7)2/h4,7H,1-3H3. The minimum atomic E-state index is -0.639. The van der Waals surface area contributed by atoms with Gasteiger partial charge in [0.2, 0.25) is 6.23 Å². The Bertz CT molecular complexity index is 271. The van der Waals surface area contributed by atoms with Gasteiger partial charge in [0.05, 0.1) is 7.11 Å². The second-order valence-electron chi connectivity index (χ2n) is 2.65. The van der Waals surface area contributed by atoms with E-state index in [1.54, 1.807) is 7.05 Å². The summed E-state index contributed by atoms with van der Waals surface area (Å²) in [7, 11) is 2.94. The molecule has 72 valence electrons. The third-order valence-corrected chi connectivity index (χ3v) is 1.71. The van der Waals surface area contributed by atoms with E-state index in [4.69, 9.17) is 9.47 Å². The Hall–Kier alpha value is -1.52. The second-order valence-corrected chi connectivity index (χ2v) is 2.65. The molecule has 1 atom stereocenters. The maximum Gasteiger partial charge on any atom is 0.304 e. The predicted octanol–water partition coefficient (Wildman–Crippen LogP) is -0.122. The van der Waals surface area contributed by atoms with Gasteiger partial charge in [0, 0.05) is 20.0 Å². The van der Waals surface area contributed by atoms with Crippen LogP contribution in [-0.4, -0.2) is 37.2 Å². The molecule has 1 aliphatic rings. The molecule has 0 fully saturated rings. The molecule has 13 heavy (non-hydrogen) atoms. The zero-order valence-electron chi connectivity index (χ0n) is 7.73. The van der Waals surface area contributed by atoms with Crippen molar-refractivity contribution < 1.29 is 19.1 Å². The van der Waals surface area contributed by atoms with Crippen molar-refractivity contribution in [1.82, 2.24) is 4.90 Å². The second kappa shape index (κ2) is 3.47.